The van der Waals surface area contributed by atoms with Crippen LogP contribution in [-0.4, -0.2) is 38.4 Å². The fourth-order valence-electron chi connectivity index (χ4n) is 3.56. The minimum Gasteiger partial charge on any atom is -0.336 e. The molecule has 130 valence electrons. The summed E-state index contributed by atoms with van der Waals surface area (Å²) in [7, 11) is 0. The van der Waals surface area contributed by atoms with E-state index in [0.29, 0.717) is 6.54 Å². The summed E-state index contributed by atoms with van der Waals surface area (Å²) < 4.78 is 2.22. The molecule has 4 aromatic heterocycles. The summed E-state index contributed by atoms with van der Waals surface area (Å²) in [6.45, 7) is 1.45. The summed E-state index contributed by atoms with van der Waals surface area (Å²) in [5, 5.41) is 5.93. The zero-order valence-corrected chi connectivity index (χ0v) is 15.5. The zero-order valence-electron chi connectivity index (χ0n) is 13.9. The number of rotatable bonds is 3. The van der Waals surface area contributed by atoms with E-state index in [1.807, 2.05) is 46.1 Å². The molecule has 0 unspecified atom stereocenters. The van der Waals surface area contributed by atoms with Gasteiger partial charge in [0.05, 0.1) is 16.5 Å². The number of hydrogen-bond donors (Lipinski definition) is 0. The van der Waals surface area contributed by atoms with E-state index in [1.165, 1.54) is 0 Å². The Morgan fingerprint density at radius 3 is 2.96 bits per heavy atom. The Kier molecular flexibility index (Phi) is 3.83. The van der Waals surface area contributed by atoms with Crippen molar-refractivity contribution >= 4 is 39.7 Å². The quantitative estimate of drug-likeness (QED) is 0.532. The molecule has 1 fully saturated rings. The Morgan fingerprint density at radius 1 is 1.19 bits per heavy atom. The van der Waals surface area contributed by atoms with Gasteiger partial charge < -0.3 is 9.47 Å². The van der Waals surface area contributed by atoms with Gasteiger partial charge in [0.2, 0.25) is 0 Å². The van der Waals surface area contributed by atoms with E-state index in [1.54, 1.807) is 22.7 Å². The topological polar surface area (TPSA) is 51.0 Å². The summed E-state index contributed by atoms with van der Waals surface area (Å²) in [4.78, 5) is 25.2. The van der Waals surface area contributed by atoms with Crippen LogP contribution in [0.3, 0.4) is 0 Å². The van der Waals surface area contributed by atoms with Crippen molar-refractivity contribution in [2.45, 2.75) is 12.5 Å². The summed E-state index contributed by atoms with van der Waals surface area (Å²) in [6, 6.07) is 10.1. The van der Waals surface area contributed by atoms with Crippen molar-refractivity contribution in [1.29, 1.82) is 0 Å². The number of thiophene rings is 2. The lowest BCUT2D eigenvalue weighted by Crippen LogP contribution is -2.28. The van der Waals surface area contributed by atoms with Crippen LogP contribution in [0, 0.1) is 0 Å². The molecular weight excluding hydrogens is 364 g/mol. The number of amides is 1. The van der Waals surface area contributed by atoms with Gasteiger partial charge in [-0.05, 0) is 41.4 Å². The molecule has 0 bridgehead atoms. The maximum Gasteiger partial charge on any atom is 0.254 e. The van der Waals surface area contributed by atoms with E-state index >= 15 is 0 Å². The van der Waals surface area contributed by atoms with Gasteiger partial charge in [0, 0.05) is 24.7 Å². The Labute approximate surface area is 158 Å². The highest BCUT2D eigenvalue weighted by molar-refractivity contribution is 7.13. The normalized spacial score (nSPS) is 17.2. The number of hydrogen-bond acceptors (Lipinski definition) is 5. The molecule has 0 N–H and O–H groups in total. The first-order valence-corrected chi connectivity index (χ1v) is 10.3. The highest BCUT2D eigenvalue weighted by Gasteiger charge is 2.31. The highest BCUT2D eigenvalue weighted by Crippen LogP contribution is 2.34. The average molecular weight is 380 g/mol. The number of imidazole rings is 1. The van der Waals surface area contributed by atoms with Crippen molar-refractivity contribution in [2.24, 2.45) is 0 Å². The van der Waals surface area contributed by atoms with Crippen molar-refractivity contribution in [3.63, 3.8) is 0 Å². The van der Waals surface area contributed by atoms with E-state index in [4.69, 9.17) is 4.98 Å². The van der Waals surface area contributed by atoms with Crippen LogP contribution in [0.1, 0.15) is 22.8 Å². The third-order valence-corrected chi connectivity index (χ3v) is 6.32. The zero-order chi connectivity index (χ0) is 17.5. The molecule has 5 rings (SSSR count). The number of carbonyl (C=O) groups excluding carboxylic acids is 1. The van der Waals surface area contributed by atoms with Gasteiger partial charge in [-0.1, -0.05) is 6.07 Å². The van der Waals surface area contributed by atoms with Gasteiger partial charge in [0.25, 0.3) is 5.91 Å². The van der Waals surface area contributed by atoms with Gasteiger partial charge in [-0.25, -0.2) is 9.97 Å². The summed E-state index contributed by atoms with van der Waals surface area (Å²) in [5.41, 5.74) is 2.58. The Balaban J connectivity index is 1.53. The fraction of sp³-hybridized carbons (Fsp3) is 0.211. The molecule has 1 saturated heterocycles. The molecule has 1 atom stereocenters. The SMILES string of the molecule is O=C(c1ccsc1)N1CC[C@@H](n2c(-c3cccs3)nc3cccnc32)C1. The van der Waals surface area contributed by atoms with Crippen LogP contribution in [0.4, 0.5) is 0 Å². The number of likely N-dealkylation sites (tertiary alicyclic amines) is 1. The maximum atomic E-state index is 12.7. The van der Waals surface area contributed by atoms with E-state index in [0.717, 1.165) is 40.4 Å². The molecule has 0 saturated carbocycles. The van der Waals surface area contributed by atoms with Crippen molar-refractivity contribution in [3.8, 4) is 10.7 Å². The first kappa shape index (κ1) is 15.7. The number of pyridine rings is 1. The molecule has 0 aliphatic carbocycles. The Hall–Kier alpha value is -2.51. The third kappa shape index (κ3) is 2.55. The number of nitrogens with zero attached hydrogens (tertiary/aromatic N) is 4. The van der Waals surface area contributed by atoms with Crippen molar-refractivity contribution in [1.82, 2.24) is 19.4 Å². The van der Waals surface area contributed by atoms with E-state index in [-0.39, 0.29) is 11.9 Å². The lowest BCUT2D eigenvalue weighted by atomic mass is 10.2. The van der Waals surface area contributed by atoms with Crippen LogP contribution in [0.5, 0.6) is 0 Å². The molecule has 1 aliphatic heterocycles. The Morgan fingerprint density at radius 2 is 2.15 bits per heavy atom. The minimum atomic E-state index is 0.115. The van der Waals surface area contributed by atoms with Gasteiger partial charge in [-0.2, -0.15) is 11.3 Å². The van der Waals surface area contributed by atoms with E-state index < -0.39 is 0 Å². The lowest BCUT2D eigenvalue weighted by molar-refractivity contribution is 0.0788. The molecule has 26 heavy (non-hydrogen) atoms. The predicted molar refractivity (Wildman–Crippen MR) is 105 cm³/mol. The predicted octanol–water partition coefficient (Wildman–Crippen LogP) is 4.31. The molecule has 7 heteroatoms. The van der Waals surface area contributed by atoms with Gasteiger partial charge in [0.1, 0.15) is 5.52 Å². The van der Waals surface area contributed by atoms with E-state index in [9.17, 15) is 4.79 Å². The summed E-state index contributed by atoms with van der Waals surface area (Å²) in [6.07, 6.45) is 2.72. The standard InChI is InChI=1S/C19H16N4OS2/c24-19(13-6-10-25-12-13)22-8-5-14(11-22)23-17-15(3-1-7-20-17)21-18(23)16-4-2-9-26-16/h1-4,6-7,9-10,12,14H,5,8,11H2/t14-/m1/s1. The van der Waals surface area contributed by atoms with Gasteiger partial charge >= 0.3 is 0 Å². The van der Waals surface area contributed by atoms with Crippen molar-refractivity contribution in [3.05, 3.63) is 58.2 Å². The monoisotopic (exact) mass is 380 g/mol. The average Bonchev–Trinajstić information content (AvgIpc) is 3.47. The maximum absolute atomic E-state index is 12.7. The van der Waals surface area contributed by atoms with Crippen LogP contribution in [-0.2, 0) is 0 Å². The number of aromatic nitrogens is 3. The lowest BCUT2D eigenvalue weighted by Gasteiger charge is -2.18. The largest absolute Gasteiger partial charge is 0.336 e. The smallest absolute Gasteiger partial charge is 0.254 e. The molecule has 5 heterocycles. The molecule has 0 spiro atoms. The Bertz CT molecular complexity index is 1050. The second kappa shape index (κ2) is 6.34. The molecule has 1 aliphatic rings. The first-order valence-electron chi connectivity index (χ1n) is 8.49. The summed E-state index contributed by atoms with van der Waals surface area (Å²) >= 11 is 3.24. The van der Waals surface area contributed by atoms with E-state index in [2.05, 4.69) is 21.0 Å². The van der Waals surface area contributed by atoms with Crippen LogP contribution in [0.25, 0.3) is 21.9 Å². The highest BCUT2D eigenvalue weighted by atomic mass is 32.1. The van der Waals surface area contributed by atoms with Crippen LogP contribution < -0.4 is 0 Å². The molecular formula is C19H16N4OS2. The first-order chi connectivity index (χ1) is 12.8. The fourth-order valence-corrected chi connectivity index (χ4v) is 4.90. The molecule has 0 radical (unpaired) electrons. The minimum absolute atomic E-state index is 0.115. The second-order valence-electron chi connectivity index (χ2n) is 6.33. The third-order valence-electron chi connectivity index (χ3n) is 4.77. The molecule has 4 aromatic rings. The van der Waals surface area contributed by atoms with Crippen LogP contribution in [0.15, 0.2) is 52.7 Å². The van der Waals surface area contributed by atoms with Gasteiger partial charge in [0.15, 0.2) is 11.5 Å². The van der Waals surface area contributed by atoms with Gasteiger partial charge in [-0.15, -0.1) is 11.3 Å². The second-order valence-corrected chi connectivity index (χ2v) is 8.06. The summed E-state index contributed by atoms with van der Waals surface area (Å²) in [5.74, 6) is 1.06. The van der Waals surface area contributed by atoms with Crippen LogP contribution >= 0.6 is 22.7 Å². The van der Waals surface area contributed by atoms with Crippen LogP contribution in [0.2, 0.25) is 0 Å². The van der Waals surface area contributed by atoms with Gasteiger partial charge in [-0.3, -0.25) is 4.79 Å². The molecule has 1 amide bonds. The molecule has 0 aromatic carbocycles. The number of carbonyl (C=O) groups is 1. The van der Waals surface area contributed by atoms with Crippen molar-refractivity contribution in [2.75, 3.05) is 13.1 Å². The number of fused-ring (bicyclic) bond motifs is 1. The molecule has 5 nitrogen and oxygen atoms in total. The van der Waals surface area contributed by atoms with Crippen molar-refractivity contribution < 1.29 is 4.79 Å².